The first-order valence-electron chi connectivity index (χ1n) is 6.64. The fraction of sp³-hybridized carbons (Fsp3) is 0.200. The maximum atomic E-state index is 11.8. The molecule has 3 N–H and O–H groups in total. The molecular weight excluding hydrogens is 306 g/mol. The van der Waals surface area contributed by atoms with Crippen molar-refractivity contribution >= 4 is 23.5 Å². The molecule has 0 aliphatic rings. The zero-order valence-corrected chi connectivity index (χ0v) is 12.9. The summed E-state index contributed by atoms with van der Waals surface area (Å²) in [5, 5.41) is 3.33. The molecule has 1 heterocycles. The summed E-state index contributed by atoms with van der Waals surface area (Å²) in [6, 6.07) is 7.91. The average Bonchev–Trinajstić information content (AvgIpc) is 2.91. The molecule has 1 aromatic carbocycles. The monoisotopic (exact) mass is 321 g/mol. The summed E-state index contributed by atoms with van der Waals surface area (Å²) in [6.07, 6.45) is 1.41. The van der Waals surface area contributed by atoms with Crippen LogP contribution >= 0.6 is 11.6 Å². The first kappa shape index (κ1) is 15.9. The van der Waals surface area contributed by atoms with Gasteiger partial charge in [-0.2, -0.15) is 0 Å². The number of aryl methyl sites for hydroxylation is 1. The molecule has 116 valence electrons. The summed E-state index contributed by atoms with van der Waals surface area (Å²) in [4.78, 5) is 23.6. The first-order valence-corrected chi connectivity index (χ1v) is 7.01. The van der Waals surface area contributed by atoms with Crippen molar-refractivity contribution in [3.63, 3.8) is 0 Å². The molecule has 0 aliphatic carbocycles. The number of hydrogen-bond donors (Lipinski definition) is 3. The van der Waals surface area contributed by atoms with Crippen molar-refractivity contribution in [2.75, 3.05) is 0 Å². The predicted molar refractivity (Wildman–Crippen MR) is 82.4 cm³/mol. The van der Waals surface area contributed by atoms with Crippen LogP contribution in [0, 0.1) is 6.92 Å². The Hall–Kier alpha value is -2.47. The van der Waals surface area contributed by atoms with E-state index in [1.54, 1.807) is 19.1 Å². The highest BCUT2D eigenvalue weighted by molar-refractivity contribution is 6.30. The second kappa shape index (κ2) is 7.00. The Morgan fingerprint density at radius 2 is 1.82 bits per heavy atom. The van der Waals surface area contributed by atoms with Gasteiger partial charge in [-0.05, 0) is 37.6 Å². The van der Waals surface area contributed by atoms with Crippen LogP contribution in [0.2, 0.25) is 5.02 Å². The zero-order chi connectivity index (χ0) is 16.1. The number of furan rings is 1. The van der Waals surface area contributed by atoms with Crippen molar-refractivity contribution in [2.24, 2.45) is 0 Å². The Kier molecular flexibility index (Phi) is 5.06. The van der Waals surface area contributed by atoms with Gasteiger partial charge < -0.3 is 9.73 Å². The van der Waals surface area contributed by atoms with Gasteiger partial charge in [-0.3, -0.25) is 10.2 Å². The second-order valence-electron chi connectivity index (χ2n) is 4.72. The molecule has 6 nitrogen and oxygen atoms in total. The molecule has 3 amide bonds. The molecule has 0 saturated heterocycles. The van der Waals surface area contributed by atoms with Gasteiger partial charge in [-0.1, -0.05) is 23.7 Å². The number of carbonyl (C=O) groups excluding carboxylic acids is 2. The van der Waals surface area contributed by atoms with E-state index in [1.807, 2.05) is 19.1 Å². The molecule has 1 aromatic heterocycles. The summed E-state index contributed by atoms with van der Waals surface area (Å²) < 4.78 is 5.02. The summed E-state index contributed by atoms with van der Waals surface area (Å²) in [5.41, 5.74) is 5.87. The fourth-order valence-corrected chi connectivity index (χ4v) is 1.99. The number of benzene rings is 1. The molecular formula is C15H16ClN3O3. The topological polar surface area (TPSA) is 83.4 Å². The van der Waals surface area contributed by atoms with Gasteiger partial charge >= 0.3 is 6.03 Å². The first-order chi connectivity index (χ1) is 10.5. The molecule has 2 rings (SSSR count). The standard InChI is InChI=1S/C15H16ClN3O3/c1-9(11-3-5-12(16)6-4-11)17-15(21)19-18-14(20)13-7-8-22-10(13)2/h3-9H,1-2H3,(H,18,20)(H2,17,19,21)/t9-/m1/s1. The summed E-state index contributed by atoms with van der Waals surface area (Å²) in [6.45, 7) is 3.49. The lowest BCUT2D eigenvalue weighted by Gasteiger charge is -2.15. The van der Waals surface area contributed by atoms with Gasteiger partial charge in [0.25, 0.3) is 5.91 Å². The Bertz CT molecular complexity index is 667. The highest BCUT2D eigenvalue weighted by Crippen LogP contribution is 2.15. The Morgan fingerprint density at radius 1 is 1.14 bits per heavy atom. The van der Waals surface area contributed by atoms with Gasteiger partial charge in [-0.25, -0.2) is 10.2 Å². The van der Waals surface area contributed by atoms with E-state index >= 15 is 0 Å². The number of rotatable bonds is 3. The van der Waals surface area contributed by atoms with Crippen LogP contribution in [-0.4, -0.2) is 11.9 Å². The van der Waals surface area contributed by atoms with Crippen molar-refractivity contribution in [2.45, 2.75) is 19.9 Å². The lowest BCUT2D eigenvalue weighted by molar-refractivity contribution is 0.0934. The van der Waals surface area contributed by atoms with E-state index in [0.717, 1.165) is 5.56 Å². The minimum absolute atomic E-state index is 0.232. The highest BCUT2D eigenvalue weighted by Gasteiger charge is 2.13. The van der Waals surface area contributed by atoms with E-state index in [4.69, 9.17) is 16.0 Å². The van der Waals surface area contributed by atoms with E-state index in [1.165, 1.54) is 12.3 Å². The van der Waals surface area contributed by atoms with Gasteiger partial charge in [0, 0.05) is 5.02 Å². The van der Waals surface area contributed by atoms with Crippen LogP contribution < -0.4 is 16.2 Å². The van der Waals surface area contributed by atoms with Crippen molar-refractivity contribution in [1.29, 1.82) is 0 Å². The van der Waals surface area contributed by atoms with E-state index in [2.05, 4.69) is 16.2 Å². The lowest BCUT2D eigenvalue weighted by atomic mass is 10.1. The number of nitrogens with one attached hydrogen (secondary N) is 3. The number of hydrazine groups is 1. The van der Waals surface area contributed by atoms with E-state index in [9.17, 15) is 9.59 Å². The van der Waals surface area contributed by atoms with Crippen LogP contribution in [0.5, 0.6) is 0 Å². The Morgan fingerprint density at radius 3 is 2.41 bits per heavy atom. The number of hydrogen-bond acceptors (Lipinski definition) is 3. The maximum Gasteiger partial charge on any atom is 0.333 e. The molecule has 22 heavy (non-hydrogen) atoms. The molecule has 0 saturated carbocycles. The smallest absolute Gasteiger partial charge is 0.333 e. The molecule has 0 bridgehead atoms. The van der Waals surface area contributed by atoms with Crippen LogP contribution in [0.3, 0.4) is 0 Å². The third-order valence-electron chi connectivity index (χ3n) is 3.11. The summed E-state index contributed by atoms with van der Waals surface area (Å²) >= 11 is 5.81. The highest BCUT2D eigenvalue weighted by atomic mass is 35.5. The normalized spacial score (nSPS) is 11.6. The van der Waals surface area contributed by atoms with E-state index < -0.39 is 11.9 Å². The van der Waals surface area contributed by atoms with Gasteiger partial charge in [0.05, 0.1) is 17.9 Å². The Balaban J connectivity index is 1.84. The van der Waals surface area contributed by atoms with E-state index in [-0.39, 0.29) is 6.04 Å². The van der Waals surface area contributed by atoms with Crippen molar-refractivity contribution in [1.82, 2.24) is 16.2 Å². The zero-order valence-electron chi connectivity index (χ0n) is 12.1. The molecule has 0 fully saturated rings. The molecule has 0 unspecified atom stereocenters. The number of carbonyl (C=O) groups is 2. The van der Waals surface area contributed by atoms with Crippen molar-refractivity contribution in [3.8, 4) is 0 Å². The van der Waals surface area contributed by atoms with Crippen molar-refractivity contribution in [3.05, 3.63) is 58.5 Å². The fourth-order valence-electron chi connectivity index (χ4n) is 1.87. The lowest BCUT2D eigenvalue weighted by Crippen LogP contribution is -2.47. The number of amides is 3. The molecule has 2 aromatic rings. The minimum Gasteiger partial charge on any atom is -0.469 e. The largest absolute Gasteiger partial charge is 0.469 e. The second-order valence-corrected chi connectivity index (χ2v) is 5.15. The van der Waals surface area contributed by atoms with E-state index in [0.29, 0.717) is 16.3 Å². The van der Waals surface area contributed by atoms with Gasteiger partial charge in [0.1, 0.15) is 5.76 Å². The van der Waals surface area contributed by atoms with Crippen LogP contribution in [0.25, 0.3) is 0 Å². The van der Waals surface area contributed by atoms with Crippen LogP contribution in [0.4, 0.5) is 4.79 Å². The number of urea groups is 1. The minimum atomic E-state index is -0.517. The third-order valence-corrected chi connectivity index (χ3v) is 3.36. The van der Waals surface area contributed by atoms with Crippen LogP contribution in [0.1, 0.15) is 34.6 Å². The molecule has 0 aliphatic heterocycles. The van der Waals surface area contributed by atoms with Gasteiger partial charge in [0.2, 0.25) is 0 Å². The third kappa shape index (κ3) is 4.02. The summed E-state index contributed by atoms with van der Waals surface area (Å²) in [5.74, 6) is 0.0368. The van der Waals surface area contributed by atoms with Crippen molar-refractivity contribution < 1.29 is 14.0 Å². The summed E-state index contributed by atoms with van der Waals surface area (Å²) in [7, 11) is 0. The average molecular weight is 322 g/mol. The molecule has 0 spiro atoms. The van der Waals surface area contributed by atoms with Gasteiger partial charge in [-0.15, -0.1) is 0 Å². The molecule has 7 heteroatoms. The van der Waals surface area contributed by atoms with Gasteiger partial charge in [0.15, 0.2) is 0 Å². The van der Waals surface area contributed by atoms with Crippen LogP contribution in [-0.2, 0) is 0 Å². The number of halogens is 1. The predicted octanol–water partition coefficient (Wildman–Crippen LogP) is 2.95. The Labute approximate surface area is 132 Å². The quantitative estimate of drug-likeness (QED) is 0.760. The van der Waals surface area contributed by atoms with Crippen LogP contribution in [0.15, 0.2) is 41.0 Å². The SMILES string of the molecule is Cc1occc1C(=O)NNC(=O)N[C@H](C)c1ccc(Cl)cc1. The molecule has 1 atom stereocenters. The molecule has 0 radical (unpaired) electrons. The maximum absolute atomic E-state index is 11.8.